The predicted molar refractivity (Wildman–Crippen MR) is 181 cm³/mol. The van der Waals surface area contributed by atoms with Gasteiger partial charge in [-0.2, -0.15) is 0 Å². The molecule has 3 aromatic carbocycles. The first-order chi connectivity index (χ1) is 21.0. The molecular formula is C34H30Cl4N2O4. The molecule has 0 saturated heterocycles. The summed E-state index contributed by atoms with van der Waals surface area (Å²) < 4.78 is 7.59. The SMILES string of the molecule is CCN(CC)c1ccc(C(=O)c2c(Cl)c(Cl)c(Cl)c(Cl)c2C(=O)O)c(OC)c1.Cc1cccc2cc(-c3ccccc3)cn12. The lowest BCUT2D eigenvalue weighted by Crippen LogP contribution is -2.22. The average Bonchev–Trinajstić information content (AvgIpc) is 3.48. The van der Waals surface area contributed by atoms with Crippen molar-refractivity contribution in [3.8, 4) is 16.9 Å². The van der Waals surface area contributed by atoms with E-state index in [9.17, 15) is 14.7 Å². The number of carboxylic acid groups (broad SMARTS) is 1. The minimum atomic E-state index is -1.45. The number of pyridine rings is 1. The Balaban J connectivity index is 0.000000231. The Labute approximate surface area is 276 Å². The van der Waals surface area contributed by atoms with E-state index in [2.05, 4.69) is 71.0 Å². The molecule has 0 spiro atoms. The van der Waals surface area contributed by atoms with E-state index in [4.69, 9.17) is 51.1 Å². The van der Waals surface area contributed by atoms with Gasteiger partial charge in [0.2, 0.25) is 0 Å². The Morgan fingerprint density at radius 2 is 1.43 bits per heavy atom. The van der Waals surface area contributed by atoms with Gasteiger partial charge in [0.1, 0.15) is 5.75 Å². The van der Waals surface area contributed by atoms with Crippen LogP contribution in [-0.2, 0) is 0 Å². The molecular weight excluding hydrogens is 642 g/mol. The molecule has 2 aromatic heterocycles. The van der Waals surface area contributed by atoms with Gasteiger partial charge in [-0.15, -0.1) is 0 Å². The maximum Gasteiger partial charge on any atom is 0.338 e. The van der Waals surface area contributed by atoms with E-state index in [0.29, 0.717) is 0 Å². The van der Waals surface area contributed by atoms with Crippen molar-refractivity contribution in [3.63, 3.8) is 0 Å². The first kappa shape index (κ1) is 33.2. The summed E-state index contributed by atoms with van der Waals surface area (Å²) in [6, 6.07) is 24.1. The summed E-state index contributed by atoms with van der Waals surface area (Å²) in [6.07, 6.45) is 2.19. The molecule has 0 aliphatic carbocycles. The molecule has 1 N–H and O–H groups in total. The second-order valence-electron chi connectivity index (χ2n) is 9.75. The number of hydrogen-bond donors (Lipinski definition) is 1. The van der Waals surface area contributed by atoms with Gasteiger partial charge in [-0.05, 0) is 56.7 Å². The number of carbonyl (C=O) groups is 2. The van der Waals surface area contributed by atoms with Gasteiger partial charge in [0.25, 0.3) is 0 Å². The number of fused-ring (bicyclic) bond motifs is 1. The summed E-state index contributed by atoms with van der Waals surface area (Å²) in [5.74, 6) is -1.87. The van der Waals surface area contributed by atoms with Crippen LogP contribution in [0, 0.1) is 6.92 Å². The Kier molecular flexibility index (Phi) is 10.9. The van der Waals surface area contributed by atoms with Crippen LogP contribution in [0.2, 0.25) is 20.1 Å². The number of rotatable bonds is 8. The van der Waals surface area contributed by atoms with Crippen molar-refractivity contribution < 1.29 is 19.4 Å². The van der Waals surface area contributed by atoms with Crippen LogP contribution in [0.1, 0.15) is 45.8 Å². The summed E-state index contributed by atoms with van der Waals surface area (Å²) in [5, 5.41) is 8.49. The Morgan fingerprint density at radius 1 is 0.795 bits per heavy atom. The molecule has 0 amide bonds. The molecule has 2 heterocycles. The van der Waals surface area contributed by atoms with E-state index in [1.807, 2.05) is 19.9 Å². The van der Waals surface area contributed by atoms with Crippen LogP contribution in [0.15, 0.2) is 79.0 Å². The highest BCUT2D eigenvalue weighted by Gasteiger charge is 2.30. The van der Waals surface area contributed by atoms with Crippen LogP contribution in [0.5, 0.6) is 5.75 Å². The van der Waals surface area contributed by atoms with Crippen LogP contribution in [0.25, 0.3) is 16.6 Å². The molecule has 6 nitrogen and oxygen atoms in total. The predicted octanol–water partition coefficient (Wildman–Crippen LogP) is 10.00. The maximum absolute atomic E-state index is 13.2. The van der Waals surface area contributed by atoms with Gasteiger partial charge in [0.15, 0.2) is 5.78 Å². The molecule has 0 bridgehead atoms. The number of ether oxygens (including phenoxy) is 1. The number of aromatic carboxylic acids is 1. The zero-order chi connectivity index (χ0) is 32.1. The summed E-state index contributed by atoms with van der Waals surface area (Å²) in [5.41, 5.74) is 5.18. The van der Waals surface area contributed by atoms with E-state index in [0.717, 1.165) is 18.8 Å². The molecule has 0 radical (unpaired) electrons. The molecule has 228 valence electrons. The maximum atomic E-state index is 13.2. The average molecular weight is 672 g/mol. The fourth-order valence-corrected chi connectivity index (χ4v) is 5.92. The van der Waals surface area contributed by atoms with Crippen molar-refractivity contribution in [1.82, 2.24) is 4.40 Å². The van der Waals surface area contributed by atoms with Gasteiger partial charge < -0.3 is 19.1 Å². The highest BCUT2D eigenvalue weighted by molar-refractivity contribution is 6.54. The number of carbonyl (C=O) groups excluding carboxylic acids is 1. The number of aryl methyl sites for hydroxylation is 1. The topological polar surface area (TPSA) is 71.2 Å². The number of hydrogen-bond acceptors (Lipinski definition) is 4. The fourth-order valence-electron chi connectivity index (χ4n) is 4.90. The molecule has 5 rings (SSSR count). The molecule has 0 saturated carbocycles. The van der Waals surface area contributed by atoms with E-state index in [-0.39, 0.29) is 37.0 Å². The lowest BCUT2D eigenvalue weighted by molar-refractivity contribution is 0.0693. The number of anilines is 1. The lowest BCUT2D eigenvalue weighted by atomic mass is 9.97. The van der Waals surface area contributed by atoms with Crippen molar-refractivity contribution >= 4 is 69.4 Å². The van der Waals surface area contributed by atoms with Crippen LogP contribution in [-0.4, -0.2) is 41.5 Å². The van der Waals surface area contributed by atoms with Crippen molar-refractivity contribution in [2.75, 3.05) is 25.1 Å². The van der Waals surface area contributed by atoms with Gasteiger partial charge in [0, 0.05) is 47.8 Å². The lowest BCUT2D eigenvalue weighted by Gasteiger charge is -2.22. The first-order valence-electron chi connectivity index (χ1n) is 13.7. The molecule has 0 aliphatic rings. The van der Waals surface area contributed by atoms with Crippen LogP contribution in [0.3, 0.4) is 0 Å². The third-order valence-corrected chi connectivity index (χ3v) is 9.01. The zero-order valence-electron chi connectivity index (χ0n) is 24.5. The standard InChI is InChI=1S/C19H17Cl4NO4.C15H13N/c1-4-24(5-2)9-6-7-10(11(8-9)28-3)18(25)12-13(19(26)27)15(21)17(23)16(22)14(12)20;1-12-6-5-9-15-10-14(11-16(12)15)13-7-3-2-4-8-13/h6-8H,4-5H2,1-3H3,(H,26,27);2-11H,1H3. The molecule has 0 atom stereocenters. The smallest absolute Gasteiger partial charge is 0.338 e. The van der Waals surface area contributed by atoms with Gasteiger partial charge in [-0.1, -0.05) is 82.8 Å². The summed E-state index contributed by atoms with van der Waals surface area (Å²) in [7, 11) is 1.42. The summed E-state index contributed by atoms with van der Waals surface area (Å²) in [4.78, 5) is 27.0. The summed E-state index contributed by atoms with van der Waals surface area (Å²) >= 11 is 24.2. The molecule has 10 heteroatoms. The van der Waals surface area contributed by atoms with Crippen molar-refractivity contribution in [2.24, 2.45) is 0 Å². The van der Waals surface area contributed by atoms with Crippen LogP contribution >= 0.6 is 46.4 Å². The zero-order valence-corrected chi connectivity index (χ0v) is 27.5. The monoisotopic (exact) mass is 670 g/mol. The van der Waals surface area contributed by atoms with Crippen LogP contribution < -0.4 is 9.64 Å². The van der Waals surface area contributed by atoms with E-state index < -0.39 is 17.3 Å². The largest absolute Gasteiger partial charge is 0.496 e. The van der Waals surface area contributed by atoms with Crippen LogP contribution in [0.4, 0.5) is 5.69 Å². The number of benzene rings is 3. The minimum absolute atomic E-state index is 0.122. The van der Waals surface area contributed by atoms with E-state index >= 15 is 0 Å². The van der Waals surface area contributed by atoms with Gasteiger partial charge in [0.05, 0.1) is 43.9 Å². The third kappa shape index (κ3) is 6.69. The Hall–Kier alpha value is -3.68. The highest BCUT2D eigenvalue weighted by Crippen LogP contribution is 2.43. The highest BCUT2D eigenvalue weighted by atomic mass is 35.5. The van der Waals surface area contributed by atoms with Gasteiger partial charge in [-0.25, -0.2) is 4.79 Å². The number of aromatic nitrogens is 1. The Morgan fingerprint density at radius 3 is 2.00 bits per heavy atom. The number of methoxy groups -OCH3 is 1. The van der Waals surface area contributed by atoms with E-state index in [1.54, 1.807) is 18.2 Å². The molecule has 44 heavy (non-hydrogen) atoms. The number of halogens is 4. The quantitative estimate of drug-likeness (QED) is 0.101. The second-order valence-corrected chi connectivity index (χ2v) is 11.3. The van der Waals surface area contributed by atoms with Gasteiger partial charge >= 0.3 is 5.97 Å². The minimum Gasteiger partial charge on any atom is -0.496 e. The Bertz CT molecular complexity index is 1830. The number of carboxylic acids is 1. The first-order valence-corrected chi connectivity index (χ1v) is 15.2. The normalized spacial score (nSPS) is 10.7. The molecule has 5 aromatic rings. The van der Waals surface area contributed by atoms with Crippen molar-refractivity contribution in [1.29, 1.82) is 0 Å². The summed E-state index contributed by atoms with van der Waals surface area (Å²) in [6.45, 7) is 7.67. The second kappa shape index (κ2) is 14.4. The molecule has 0 aliphatic heterocycles. The number of ketones is 1. The van der Waals surface area contributed by atoms with Crippen molar-refractivity contribution in [3.05, 3.63) is 121 Å². The third-order valence-electron chi connectivity index (χ3n) is 7.21. The molecule has 0 fully saturated rings. The van der Waals surface area contributed by atoms with E-state index in [1.165, 1.54) is 29.4 Å². The fraction of sp³-hybridized carbons (Fsp3) is 0.176. The van der Waals surface area contributed by atoms with Crippen molar-refractivity contribution in [2.45, 2.75) is 20.8 Å². The number of nitrogens with zero attached hydrogens (tertiary/aromatic N) is 2. The molecule has 0 unspecified atom stereocenters. The van der Waals surface area contributed by atoms with Gasteiger partial charge in [-0.3, -0.25) is 4.79 Å².